The Kier molecular flexibility index (Phi) is 4.70. The molecule has 0 aliphatic heterocycles. The lowest BCUT2D eigenvalue weighted by Gasteiger charge is -2.08. The molecule has 2 N–H and O–H groups in total. The van der Waals surface area contributed by atoms with Crippen LogP contribution in [0.3, 0.4) is 0 Å². The van der Waals surface area contributed by atoms with Crippen molar-refractivity contribution in [1.29, 1.82) is 0 Å². The maximum atomic E-state index is 12.1. The van der Waals surface area contributed by atoms with Crippen LogP contribution in [0.1, 0.15) is 27.9 Å². The molecule has 0 saturated heterocycles. The molecule has 3 aromatic rings. The molecule has 0 aliphatic carbocycles. The molecule has 2 aromatic heterocycles. The Balaban J connectivity index is 2.07. The van der Waals surface area contributed by atoms with Crippen molar-refractivity contribution in [3.8, 4) is 5.69 Å². The van der Waals surface area contributed by atoms with Gasteiger partial charge in [0.05, 0.1) is 23.2 Å². The number of hydrogen-bond acceptors (Lipinski definition) is 4. The molecule has 7 heteroatoms. The lowest BCUT2D eigenvalue weighted by atomic mass is 10.1. The summed E-state index contributed by atoms with van der Waals surface area (Å²) in [5.74, 6) is 0.266. The molecule has 0 radical (unpaired) electrons. The van der Waals surface area contributed by atoms with Crippen LogP contribution in [0.15, 0.2) is 40.2 Å². The molecule has 3 rings (SSSR count). The summed E-state index contributed by atoms with van der Waals surface area (Å²) in [6.45, 7) is 7.67. The number of aromatic nitrogens is 3. The van der Waals surface area contributed by atoms with Crippen molar-refractivity contribution in [3.05, 3.63) is 73.8 Å². The van der Waals surface area contributed by atoms with E-state index in [0.717, 1.165) is 27.1 Å². The average Bonchev–Trinajstić information content (AvgIpc) is 2.83. The summed E-state index contributed by atoms with van der Waals surface area (Å²) in [4.78, 5) is 12.1. The Morgan fingerprint density at radius 3 is 2.54 bits per heavy atom. The molecule has 6 nitrogen and oxygen atoms in total. The van der Waals surface area contributed by atoms with E-state index in [1.807, 2.05) is 39.0 Å². The highest BCUT2D eigenvalue weighted by molar-refractivity contribution is 6.32. The molecule has 0 saturated carbocycles. The fraction of sp³-hybridized carbons (Fsp3) is 0.211. The van der Waals surface area contributed by atoms with Crippen LogP contribution in [-0.2, 0) is 0 Å². The van der Waals surface area contributed by atoms with Crippen LogP contribution in [0, 0.1) is 27.7 Å². The van der Waals surface area contributed by atoms with Gasteiger partial charge in [0.25, 0.3) is 5.56 Å². The number of hydrogen-bond donors (Lipinski definition) is 1. The van der Waals surface area contributed by atoms with Gasteiger partial charge in [0.2, 0.25) is 0 Å². The highest BCUT2D eigenvalue weighted by atomic mass is 35.5. The molecule has 134 valence electrons. The number of rotatable bonds is 3. The van der Waals surface area contributed by atoms with Crippen molar-refractivity contribution < 1.29 is 0 Å². The Morgan fingerprint density at radius 2 is 1.85 bits per heavy atom. The second-order valence-electron chi connectivity index (χ2n) is 6.34. The van der Waals surface area contributed by atoms with Gasteiger partial charge in [-0.15, -0.1) is 0 Å². The van der Waals surface area contributed by atoms with Gasteiger partial charge in [-0.1, -0.05) is 23.7 Å². The van der Waals surface area contributed by atoms with Crippen molar-refractivity contribution in [2.75, 3.05) is 5.73 Å². The van der Waals surface area contributed by atoms with E-state index in [-0.39, 0.29) is 11.4 Å². The Bertz CT molecular complexity index is 1080. The molecule has 1 aromatic carbocycles. The van der Waals surface area contributed by atoms with Crippen LogP contribution in [0.25, 0.3) is 5.69 Å². The van der Waals surface area contributed by atoms with Crippen LogP contribution in [0.2, 0.25) is 5.15 Å². The van der Waals surface area contributed by atoms with Gasteiger partial charge >= 0.3 is 0 Å². The highest BCUT2D eigenvalue weighted by Gasteiger charge is 2.15. The second kappa shape index (κ2) is 6.80. The van der Waals surface area contributed by atoms with Gasteiger partial charge < -0.3 is 5.73 Å². The van der Waals surface area contributed by atoms with Crippen molar-refractivity contribution >= 4 is 23.6 Å². The number of anilines is 1. The van der Waals surface area contributed by atoms with E-state index in [2.05, 4.69) is 10.2 Å². The number of benzene rings is 1. The van der Waals surface area contributed by atoms with Crippen LogP contribution >= 0.6 is 11.6 Å². The predicted octanol–water partition coefficient (Wildman–Crippen LogP) is 3.39. The van der Waals surface area contributed by atoms with Crippen molar-refractivity contribution in [1.82, 2.24) is 14.5 Å². The van der Waals surface area contributed by atoms with Gasteiger partial charge in [0, 0.05) is 6.07 Å². The van der Waals surface area contributed by atoms with Gasteiger partial charge in [0.1, 0.15) is 11.0 Å². The van der Waals surface area contributed by atoms with Gasteiger partial charge in [0.15, 0.2) is 0 Å². The Labute approximate surface area is 156 Å². The third-order valence-corrected chi connectivity index (χ3v) is 4.49. The lowest BCUT2D eigenvalue weighted by molar-refractivity contribution is 0.843. The first-order valence-electron chi connectivity index (χ1n) is 8.14. The second-order valence-corrected chi connectivity index (χ2v) is 6.70. The summed E-state index contributed by atoms with van der Waals surface area (Å²) >= 11 is 6.55. The number of pyridine rings is 1. The number of nitrogens with two attached hydrogens (primary N) is 1. The van der Waals surface area contributed by atoms with E-state index in [0.29, 0.717) is 16.4 Å². The maximum Gasteiger partial charge on any atom is 0.273 e. The zero-order chi connectivity index (χ0) is 19.0. The van der Waals surface area contributed by atoms with Crippen molar-refractivity contribution in [2.45, 2.75) is 27.7 Å². The molecule has 0 aliphatic rings. The first-order chi connectivity index (χ1) is 12.3. The monoisotopic (exact) mass is 369 g/mol. The zero-order valence-corrected chi connectivity index (χ0v) is 15.9. The Morgan fingerprint density at radius 1 is 1.12 bits per heavy atom. The largest absolute Gasteiger partial charge is 0.384 e. The lowest BCUT2D eigenvalue weighted by Crippen LogP contribution is -2.19. The molecule has 0 amide bonds. The number of aryl methyl sites for hydroxylation is 4. The summed E-state index contributed by atoms with van der Waals surface area (Å²) in [5.41, 5.74) is 10.8. The highest BCUT2D eigenvalue weighted by Crippen LogP contribution is 2.25. The molecule has 26 heavy (non-hydrogen) atoms. The summed E-state index contributed by atoms with van der Waals surface area (Å²) in [7, 11) is 0. The zero-order valence-electron chi connectivity index (χ0n) is 15.1. The summed E-state index contributed by atoms with van der Waals surface area (Å²) in [6, 6.07) is 9.25. The summed E-state index contributed by atoms with van der Waals surface area (Å²) < 4.78 is 2.82. The smallest absolute Gasteiger partial charge is 0.273 e. The van der Waals surface area contributed by atoms with E-state index in [9.17, 15) is 4.79 Å². The number of nitrogen functional groups attached to an aromatic ring is 1. The topological polar surface area (TPSA) is 78.2 Å². The standard InChI is InChI=1S/C19H20ClN5O/c1-11-5-6-13(3)16(7-11)24-19(20)15(14(4)23-24)10-22-25-17(21)8-12(2)9-18(25)26/h5-10H,21H2,1-4H3/b22-10-. The average molecular weight is 370 g/mol. The van der Waals surface area contributed by atoms with Gasteiger partial charge in [-0.25, -0.2) is 4.68 Å². The van der Waals surface area contributed by atoms with E-state index in [4.69, 9.17) is 17.3 Å². The van der Waals surface area contributed by atoms with Crippen LogP contribution in [0.4, 0.5) is 5.82 Å². The number of nitrogens with zero attached hydrogens (tertiary/aromatic N) is 4. The van der Waals surface area contributed by atoms with Crippen LogP contribution in [0.5, 0.6) is 0 Å². The minimum absolute atomic E-state index is 0.266. The number of halogens is 1. The molecular weight excluding hydrogens is 350 g/mol. The fourth-order valence-corrected chi connectivity index (χ4v) is 3.04. The normalized spacial score (nSPS) is 11.4. The first-order valence-corrected chi connectivity index (χ1v) is 8.52. The third kappa shape index (κ3) is 3.28. The first kappa shape index (κ1) is 17.9. The van der Waals surface area contributed by atoms with Crippen molar-refractivity contribution in [2.24, 2.45) is 5.10 Å². The molecule has 0 bridgehead atoms. The molecule has 0 fully saturated rings. The predicted molar refractivity (Wildman–Crippen MR) is 106 cm³/mol. The van der Waals surface area contributed by atoms with Crippen molar-refractivity contribution in [3.63, 3.8) is 0 Å². The Hall–Kier alpha value is -2.86. The van der Waals surface area contributed by atoms with Gasteiger partial charge in [-0.3, -0.25) is 4.79 Å². The fourth-order valence-electron chi connectivity index (χ4n) is 2.72. The molecule has 0 atom stereocenters. The van der Waals surface area contributed by atoms with Crippen LogP contribution < -0.4 is 11.3 Å². The summed E-state index contributed by atoms with van der Waals surface area (Å²) in [5, 5.41) is 9.16. The molecule has 0 spiro atoms. The molecular formula is C19H20ClN5O. The van der Waals surface area contributed by atoms with E-state index in [1.165, 1.54) is 12.3 Å². The van der Waals surface area contributed by atoms with Gasteiger partial charge in [-0.2, -0.15) is 14.9 Å². The van der Waals surface area contributed by atoms with E-state index < -0.39 is 0 Å². The minimum Gasteiger partial charge on any atom is -0.384 e. The third-order valence-electron chi connectivity index (χ3n) is 4.12. The molecule has 0 unspecified atom stereocenters. The summed E-state index contributed by atoms with van der Waals surface area (Å²) in [6.07, 6.45) is 1.51. The van der Waals surface area contributed by atoms with Gasteiger partial charge in [-0.05, 0) is 56.5 Å². The SMILES string of the molecule is Cc1ccc(C)c(-n2nc(C)c(/C=N\n3c(N)cc(C)cc3=O)c2Cl)c1. The maximum absolute atomic E-state index is 12.1. The van der Waals surface area contributed by atoms with E-state index >= 15 is 0 Å². The van der Waals surface area contributed by atoms with Crippen LogP contribution in [-0.4, -0.2) is 20.7 Å². The quantitative estimate of drug-likeness (QED) is 0.719. The van der Waals surface area contributed by atoms with E-state index in [1.54, 1.807) is 17.7 Å². The minimum atomic E-state index is -0.297. The molecule has 2 heterocycles.